The first kappa shape index (κ1) is 21.8. The van der Waals surface area contributed by atoms with Gasteiger partial charge in [0, 0.05) is 24.4 Å². The molecule has 29 heavy (non-hydrogen) atoms. The minimum absolute atomic E-state index is 0.00950. The quantitative estimate of drug-likeness (QED) is 0.387. The molecule has 0 bridgehead atoms. The van der Waals surface area contributed by atoms with Gasteiger partial charge in [0.15, 0.2) is 0 Å². The summed E-state index contributed by atoms with van der Waals surface area (Å²) in [6, 6.07) is 10.8. The fourth-order valence-electron chi connectivity index (χ4n) is 2.29. The monoisotopic (exact) mass is 418 g/mol. The highest BCUT2D eigenvalue weighted by atomic mass is 35.5. The smallest absolute Gasteiger partial charge is 0.272 e. The van der Waals surface area contributed by atoms with Gasteiger partial charge in [-0.1, -0.05) is 23.7 Å². The zero-order valence-electron chi connectivity index (χ0n) is 15.8. The summed E-state index contributed by atoms with van der Waals surface area (Å²) in [5.41, 5.74) is 3.39. The Hall–Kier alpha value is -3.46. The molecular weight excluding hydrogens is 400 g/mol. The molecule has 0 aromatic heterocycles. The standard InChI is InChI=1S/C19H19ClN4O5/c1-12(9-18(25)21-11-13-3-6-15(29-2)7-4-13)22-23-19(26)16-8-5-14(24(27)28)10-17(16)20/h3-8,10H,9,11H2,1-2H3,(H,21,25)(H,23,26). The van der Waals surface area contributed by atoms with Crippen molar-refractivity contribution in [2.24, 2.45) is 5.10 Å². The molecule has 2 amide bonds. The second-order valence-electron chi connectivity index (χ2n) is 6.01. The van der Waals surface area contributed by atoms with Crippen LogP contribution in [0.4, 0.5) is 5.69 Å². The molecule has 0 heterocycles. The predicted molar refractivity (Wildman–Crippen MR) is 108 cm³/mol. The number of nitro groups is 1. The molecule has 0 aliphatic heterocycles. The number of halogens is 1. The summed E-state index contributed by atoms with van der Waals surface area (Å²) in [5.74, 6) is -0.167. The number of hydrazone groups is 1. The zero-order valence-corrected chi connectivity index (χ0v) is 16.5. The summed E-state index contributed by atoms with van der Waals surface area (Å²) in [6.45, 7) is 1.94. The fourth-order valence-corrected chi connectivity index (χ4v) is 2.55. The zero-order chi connectivity index (χ0) is 21.4. The van der Waals surface area contributed by atoms with Crippen LogP contribution in [0, 0.1) is 10.1 Å². The number of nitrogens with one attached hydrogen (secondary N) is 2. The molecule has 0 radical (unpaired) electrons. The van der Waals surface area contributed by atoms with Gasteiger partial charge >= 0.3 is 0 Å². The number of hydrogen-bond acceptors (Lipinski definition) is 6. The lowest BCUT2D eigenvalue weighted by Crippen LogP contribution is -2.26. The molecule has 0 aliphatic rings. The van der Waals surface area contributed by atoms with Crippen molar-refractivity contribution in [2.45, 2.75) is 19.9 Å². The Morgan fingerprint density at radius 2 is 1.90 bits per heavy atom. The molecule has 0 aliphatic carbocycles. The normalized spacial score (nSPS) is 10.9. The third-order valence-electron chi connectivity index (χ3n) is 3.82. The number of ether oxygens (including phenoxy) is 1. The summed E-state index contributed by atoms with van der Waals surface area (Å²) >= 11 is 5.90. The van der Waals surface area contributed by atoms with E-state index in [9.17, 15) is 19.7 Å². The number of benzene rings is 2. The third kappa shape index (κ3) is 6.58. The van der Waals surface area contributed by atoms with E-state index in [2.05, 4.69) is 15.8 Å². The van der Waals surface area contributed by atoms with Gasteiger partial charge in [-0.15, -0.1) is 0 Å². The van der Waals surface area contributed by atoms with Crippen molar-refractivity contribution >= 4 is 34.8 Å². The van der Waals surface area contributed by atoms with Crippen LogP contribution in [0.3, 0.4) is 0 Å². The minimum atomic E-state index is -0.636. The number of nitrogens with zero attached hydrogens (tertiary/aromatic N) is 2. The van der Waals surface area contributed by atoms with Crippen LogP contribution in [-0.2, 0) is 11.3 Å². The minimum Gasteiger partial charge on any atom is -0.497 e. The van der Waals surface area contributed by atoms with E-state index >= 15 is 0 Å². The van der Waals surface area contributed by atoms with Crippen LogP contribution in [-0.4, -0.2) is 29.6 Å². The van der Waals surface area contributed by atoms with Crippen molar-refractivity contribution < 1.29 is 19.2 Å². The molecule has 9 nitrogen and oxygen atoms in total. The van der Waals surface area contributed by atoms with Gasteiger partial charge in [-0.3, -0.25) is 19.7 Å². The highest BCUT2D eigenvalue weighted by Gasteiger charge is 2.15. The topological polar surface area (TPSA) is 123 Å². The largest absolute Gasteiger partial charge is 0.497 e. The number of nitro benzene ring substituents is 1. The first-order valence-electron chi connectivity index (χ1n) is 8.47. The van der Waals surface area contributed by atoms with E-state index < -0.39 is 10.8 Å². The van der Waals surface area contributed by atoms with Crippen LogP contribution >= 0.6 is 11.6 Å². The molecule has 2 aromatic rings. The van der Waals surface area contributed by atoms with E-state index in [1.807, 2.05) is 12.1 Å². The van der Waals surface area contributed by atoms with Crippen molar-refractivity contribution in [3.63, 3.8) is 0 Å². The Kier molecular flexibility index (Phi) is 7.67. The summed E-state index contributed by atoms with van der Waals surface area (Å²) in [7, 11) is 1.58. The Labute approximate surface area is 171 Å². The van der Waals surface area contributed by atoms with E-state index in [-0.39, 0.29) is 28.6 Å². The van der Waals surface area contributed by atoms with E-state index in [1.54, 1.807) is 26.2 Å². The van der Waals surface area contributed by atoms with Gasteiger partial charge in [0.1, 0.15) is 5.75 Å². The molecule has 2 rings (SSSR count). The molecular formula is C19H19ClN4O5. The van der Waals surface area contributed by atoms with Crippen LogP contribution < -0.4 is 15.5 Å². The van der Waals surface area contributed by atoms with Gasteiger partial charge < -0.3 is 10.1 Å². The molecule has 10 heteroatoms. The van der Waals surface area contributed by atoms with Crippen molar-refractivity contribution in [2.75, 3.05) is 7.11 Å². The average Bonchev–Trinajstić information content (AvgIpc) is 2.70. The number of methoxy groups -OCH3 is 1. The van der Waals surface area contributed by atoms with Gasteiger partial charge in [0.05, 0.1) is 29.0 Å². The van der Waals surface area contributed by atoms with Crippen LogP contribution in [0.5, 0.6) is 5.75 Å². The number of hydrogen-bond donors (Lipinski definition) is 2. The van der Waals surface area contributed by atoms with E-state index in [0.29, 0.717) is 12.3 Å². The molecule has 0 saturated carbocycles. The van der Waals surface area contributed by atoms with Crippen LogP contribution in [0.15, 0.2) is 47.6 Å². The number of amides is 2. The van der Waals surface area contributed by atoms with Crippen LogP contribution in [0.25, 0.3) is 0 Å². The SMILES string of the molecule is COc1ccc(CNC(=O)CC(C)=NNC(=O)c2ccc([N+](=O)[O-])cc2Cl)cc1. The second-order valence-corrected chi connectivity index (χ2v) is 6.42. The molecule has 2 N–H and O–H groups in total. The molecule has 2 aromatic carbocycles. The van der Waals surface area contributed by atoms with E-state index in [4.69, 9.17) is 16.3 Å². The van der Waals surface area contributed by atoms with Gasteiger partial charge in [-0.05, 0) is 30.7 Å². The number of non-ortho nitro benzene ring substituents is 1. The third-order valence-corrected chi connectivity index (χ3v) is 4.13. The van der Waals surface area contributed by atoms with Crippen molar-refractivity contribution in [3.05, 3.63) is 68.7 Å². The van der Waals surface area contributed by atoms with Gasteiger partial charge in [-0.25, -0.2) is 5.43 Å². The molecule has 0 saturated heterocycles. The van der Waals surface area contributed by atoms with Crippen LogP contribution in [0.1, 0.15) is 29.3 Å². The lowest BCUT2D eigenvalue weighted by molar-refractivity contribution is -0.384. The molecule has 0 atom stereocenters. The average molecular weight is 419 g/mol. The Morgan fingerprint density at radius 3 is 2.48 bits per heavy atom. The van der Waals surface area contributed by atoms with E-state index in [0.717, 1.165) is 17.4 Å². The Morgan fingerprint density at radius 1 is 1.21 bits per heavy atom. The molecule has 0 fully saturated rings. The second kappa shape index (κ2) is 10.2. The number of carbonyl (C=O) groups excluding carboxylic acids is 2. The maximum Gasteiger partial charge on any atom is 0.272 e. The van der Waals surface area contributed by atoms with Crippen molar-refractivity contribution in [1.29, 1.82) is 0 Å². The molecule has 0 unspecified atom stereocenters. The highest BCUT2D eigenvalue weighted by Crippen LogP contribution is 2.22. The Bertz CT molecular complexity index is 944. The maximum atomic E-state index is 12.1. The number of carbonyl (C=O) groups is 2. The van der Waals surface area contributed by atoms with Gasteiger partial charge in [0.2, 0.25) is 5.91 Å². The fraction of sp³-hybridized carbons (Fsp3) is 0.211. The predicted octanol–water partition coefficient (Wildman–Crippen LogP) is 3.07. The van der Waals surface area contributed by atoms with Crippen molar-refractivity contribution in [3.8, 4) is 5.75 Å². The van der Waals surface area contributed by atoms with Gasteiger partial charge in [-0.2, -0.15) is 5.10 Å². The molecule has 152 valence electrons. The lowest BCUT2D eigenvalue weighted by atomic mass is 10.2. The van der Waals surface area contributed by atoms with Crippen molar-refractivity contribution in [1.82, 2.24) is 10.7 Å². The summed E-state index contributed by atoms with van der Waals surface area (Å²) < 4.78 is 5.07. The maximum absolute atomic E-state index is 12.1. The summed E-state index contributed by atoms with van der Waals surface area (Å²) in [6.07, 6.45) is -0.00950. The summed E-state index contributed by atoms with van der Waals surface area (Å²) in [4.78, 5) is 34.2. The number of rotatable bonds is 8. The molecule has 0 spiro atoms. The lowest BCUT2D eigenvalue weighted by Gasteiger charge is -2.07. The van der Waals surface area contributed by atoms with Gasteiger partial charge in [0.25, 0.3) is 11.6 Å². The summed E-state index contributed by atoms with van der Waals surface area (Å²) in [5, 5.41) is 17.3. The first-order valence-corrected chi connectivity index (χ1v) is 8.85. The first-order chi connectivity index (χ1) is 13.8. The Balaban J connectivity index is 1.86. The highest BCUT2D eigenvalue weighted by molar-refractivity contribution is 6.34. The van der Waals surface area contributed by atoms with Crippen LogP contribution in [0.2, 0.25) is 5.02 Å². The van der Waals surface area contributed by atoms with E-state index in [1.165, 1.54) is 12.1 Å².